The first-order chi connectivity index (χ1) is 10.7. The molecule has 0 radical (unpaired) electrons. The molecule has 2 aromatic rings. The lowest BCUT2D eigenvalue weighted by molar-refractivity contribution is -0.124. The van der Waals surface area contributed by atoms with Gasteiger partial charge in [-0.25, -0.2) is 0 Å². The molecular weight excluding hydrogens is 362 g/mol. The molecule has 5 heteroatoms. The van der Waals surface area contributed by atoms with E-state index in [4.69, 9.17) is 4.74 Å². The lowest BCUT2D eigenvalue weighted by Gasteiger charge is -2.10. The van der Waals surface area contributed by atoms with Crippen molar-refractivity contribution in [1.82, 2.24) is 0 Å². The molecule has 3 rings (SSSR count). The fraction of sp³-hybridized carbons (Fsp3) is 0.235. The average Bonchev–Trinajstić information content (AvgIpc) is 3.06. The summed E-state index contributed by atoms with van der Waals surface area (Å²) in [4.78, 5) is 14.3. The summed E-state index contributed by atoms with van der Waals surface area (Å²) in [5.74, 6) is -0.0502. The van der Waals surface area contributed by atoms with Crippen LogP contribution < -0.4 is 5.32 Å². The van der Waals surface area contributed by atoms with Crippen molar-refractivity contribution in [3.63, 3.8) is 0 Å². The Morgan fingerprint density at radius 3 is 2.32 bits per heavy atom. The molecule has 0 aromatic heterocycles. The van der Waals surface area contributed by atoms with Crippen molar-refractivity contribution in [1.29, 1.82) is 0 Å². The van der Waals surface area contributed by atoms with Gasteiger partial charge in [-0.15, -0.1) is 0 Å². The first-order valence-electron chi connectivity index (χ1n) is 7.17. The minimum Gasteiger partial charge on any atom is -0.368 e. The summed E-state index contributed by atoms with van der Waals surface area (Å²) in [5, 5.41) is 2.90. The van der Waals surface area contributed by atoms with Crippen LogP contribution in [0.3, 0.4) is 0 Å². The summed E-state index contributed by atoms with van der Waals surface area (Å²) in [7, 11) is 0. The normalized spacial score (nSPS) is 17.4. The third kappa shape index (κ3) is 4.12. The number of amides is 1. The Morgan fingerprint density at radius 1 is 1.09 bits per heavy atom. The van der Waals surface area contributed by atoms with Gasteiger partial charge in [-0.1, -0.05) is 27.7 Å². The van der Waals surface area contributed by atoms with Gasteiger partial charge in [0.25, 0.3) is 5.91 Å². The molecule has 1 amide bonds. The molecule has 0 aliphatic carbocycles. The maximum Gasteiger partial charge on any atom is 0.253 e. The van der Waals surface area contributed by atoms with E-state index in [-0.39, 0.29) is 12.0 Å². The highest BCUT2D eigenvalue weighted by Gasteiger charge is 2.23. The van der Waals surface area contributed by atoms with Gasteiger partial charge in [-0.3, -0.25) is 4.79 Å². The fourth-order valence-electron chi connectivity index (χ4n) is 2.25. The summed E-state index contributed by atoms with van der Waals surface area (Å²) in [5.41, 5.74) is 0.806. The number of carbonyl (C=O) groups is 1. The van der Waals surface area contributed by atoms with Gasteiger partial charge in [0.1, 0.15) is 6.10 Å². The third-order valence-corrected chi connectivity index (χ3v) is 4.94. The Morgan fingerprint density at radius 2 is 1.73 bits per heavy atom. The molecule has 22 heavy (non-hydrogen) atoms. The summed E-state index contributed by atoms with van der Waals surface area (Å²) in [6.07, 6.45) is 1.47. The lowest BCUT2D eigenvalue weighted by atomic mass is 10.2. The topological polar surface area (TPSA) is 38.3 Å². The number of carbonyl (C=O) groups excluding carboxylic acids is 1. The van der Waals surface area contributed by atoms with Crippen molar-refractivity contribution in [3.8, 4) is 0 Å². The minimum atomic E-state index is -0.295. The Bertz CT molecular complexity index is 637. The van der Waals surface area contributed by atoms with E-state index in [1.54, 1.807) is 11.8 Å². The Balaban J connectivity index is 1.60. The second kappa shape index (κ2) is 7.31. The van der Waals surface area contributed by atoms with Crippen LogP contribution in [0.4, 0.5) is 5.69 Å². The molecule has 1 heterocycles. The number of hydrogen-bond donors (Lipinski definition) is 1. The van der Waals surface area contributed by atoms with E-state index in [1.807, 2.05) is 36.4 Å². The van der Waals surface area contributed by atoms with Crippen LogP contribution in [0.1, 0.15) is 12.8 Å². The van der Waals surface area contributed by atoms with Crippen LogP contribution in [-0.4, -0.2) is 18.6 Å². The van der Waals surface area contributed by atoms with Crippen molar-refractivity contribution in [2.45, 2.75) is 28.7 Å². The van der Waals surface area contributed by atoms with Gasteiger partial charge in [-0.05, 0) is 61.4 Å². The zero-order valence-electron chi connectivity index (χ0n) is 11.9. The lowest BCUT2D eigenvalue weighted by Crippen LogP contribution is -2.26. The molecule has 114 valence electrons. The van der Waals surface area contributed by atoms with E-state index in [0.29, 0.717) is 6.61 Å². The largest absolute Gasteiger partial charge is 0.368 e. The highest BCUT2D eigenvalue weighted by Crippen LogP contribution is 2.29. The Hall–Kier alpha value is -1.30. The van der Waals surface area contributed by atoms with Crippen LogP contribution in [0.2, 0.25) is 0 Å². The van der Waals surface area contributed by atoms with Crippen molar-refractivity contribution in [2.75, 3.05) is 11.9 Å². The van der Waals surface area contributed by atoms with E-state index in [9.17, 15) is 4.79 Å². The number of halogens is 1. The number of hydrogen-bond acceptors (Lipinski definition) is 3. The number of nitrogens with one attached hydrogen (secondary N) is 1. The summed E-state index contributed by atoms with van der Waals surface area (Å²) < 4.78 is 6.45. The minimum absolute atomic E-state index is 0.0502. The third-order valence-electron chi connectivity index (χ3n) is 3.39. The molecule has 0 unspecified atom stereocenters. The molecule has 0 spiro atoms. The van der Waals surface area contributed by atoms with Gasteiger partial charge >= 0.3 is 0 Å². The van der Waals surface area contributed by atoms with E-state index in [2.05, 4.69) is 33.4 Å². The van der Waals surface area contributed by atoms with E-state index in [0.717, 1.165) is 27.9 Å². The molecule has 1 aliphatic rings. The molecule has 0 saturated carbocycles. The molecule has 1 N–H and O–H groups in total. The van der Waals surface area contributed by atoms with Gasteiger partial charge in [0.05, 0.1) is 0 Å². The highest BCUT2D eigenvalue weighted by molar-refractivity contribution is 9.10. The Labute approximate surface area is 142 Å². The first kappa shape index (κ1) is 15.6. The second-order valence-corrected chi connectivity index (χ2v) is 7.13. The summed E-state index contributed by atoms with van der Waals surface area (Å²) in [6, 6.07) is 16.1. The highest BCUT2D eigenvalue weighted by atomic mass is 79.9. The maximum absolute atomic E-state index is 12.0. The quantitative estimate of drug-likeness (QED) is 0.837. The van der Waals surface area contributed by atoms with Gasteiger partial charge in [0.2, 0.25) is 0 Å². The smallest absolute Gasteiger partial charge is 0.253 e. The second-order valence-electron chi connectivity index (χ2n) is 5.07. The average molecular weight is 378 g/mol. The number of anilines is 1. The molecule has 1 saturated heterocycles. The zero-order chi connectivity index (χ0) is 15.4. The van der Waals surface area contributed by atoms with Crippen LogP contribution in [-0.2, 0) is 9.53 Å². The van der Waals surface area contributed by atoms with Crippen LogP contribution in [0, 0.1) is 0 Å². The van der Waals surface area contributed by atoms with E-state index < -0.39 is 0 Å². The molecule has 3 nitrogen and oxygen atoms in total. The standard InChI is InChI=1S/C17H16BrNO2S/c18-12-3-7-14(8-4-12)22-15-9-5-13(6-10-15)19-17(20)16-2-1-11-21-16/h3-10,16H,1-2,11H2,(H,19,20)/t16-/m1/s1. The van der Waals surface area contributed by atoms with Crippen molar-refractivity contribution < 1.29 is 9.53 Å². The van der Waals surface area contributed by atoms with Crippen molar-refractivity contribution >= 4 is 39.3 Å². The number of rotatable bonds is 4. The van der Waals surface area contributed by atoms with Gasteiger partial charge in [-0.2, -0.15) is 0 Å². The predicted molar refractivity (Wildman–Crippen MR) is 92.3 cm³/mol. The molecule has 0 bridgehead atoms. The summed E-state index contributed by atoms with van der Waals surface area (Å²) >= 11 is 5.12. The van der Waals surface area contributed by atoms with Gasteiger partial charge in [0, 0.05) is 26.6 Å². The first-order valence-corrected chi connectivity index (χ1v) is 8.77. The molecular formula is C17H16BrNO2S. The van der Waals surface area contributed by atoms with Gasteiger partial charge in [0.15, 0.2) is 0 Å². The van der Waals surface area contributed by atoms with Crippen LogP contribution in [0.15, 0.2) is 62.8 Å². The maximum atomic E-state index is 12.0. The molecule has 1 fully saturated rings. The number of ether oxygens (including phenoxy) is 1. The zero-order valence-corrected chi connectivity index (χ0v) is 14.3. The monoisotopic (exact) mass is 377 g/mol. The summed E-state index contributed by atoms with van der Waals surface area (Å²) in [6.45, 7) is 0.681. The van der Waals surface area contributed by atoms with Gasteiger partial charge < -0.3 is 10.1 Å². The number of benzene rings is 2. The van der Waals surface area contributed by atoms with Crippen molar-refractivity contribution in [2.24, 2.45) is 0 Å². The fourth-order valence-corrected chi connectivity index (χ4v) is 3.33. The van der Waals surface area contributed by atoms with Crippen LogP contribution in [0.5, 0.6) is 0 Å². The van der Waals surface area contributed by atoms with E-state index >= 15 is 0 Å². The predicted octanol–water partition coefficient (Wildman–Crippen LogP) is 4.72. The van der Waals surface area contributed by atoms with Crippen molar-refractivity contribution in [3.05, 3.63) is 53.0 Å². The SMILES string of the molecule is O=C(Nc1ccc(Sc2ccc(Br)cc2)cc1)[C@H]1CCCO1. The van der Waals surface area contributed by atoms with E-state index in [1.165, 1.54) is 4.90 Å². The van der Waals surface area contributed by atoms with Crippen LogP contribution in [0.25, 0.3) is 0 Å². The van der Waals surface area contributed by atoms with Crippen LogP contribution >= 0.6 is 27.7 Å². The molecule has 2 aromatic carbocycles. The Kier molecular flexibility index (Phi) is 5.18. The molecule has 1 atom stereocenters. The molecule has 1 aliphatic heterocycles.